The molecule has 2 rings (SSSR count). The molecule has 1 aliphatic rings. The number of rotatable bonds is 8. The molecule has 5 nitrogen and oxygen atoms in total. The molecule has 1 saturated heterocycles. The molecular formula is C20H31ClN2O3. The molecule has 1 amide bonds. The van der Waals surface area contributed by atoms with E-state index in [1.807, 2.05) is 11.8 Å². The number of benzene rings is 1. The Morgan fingerprint density at radius 1 is 1.31 bits per heavy atom. The van der Waals surface area contributed by atoms with Crippen LogP contribution < -0.4 is 9.47 Å². The van der Waals surface area contributed by atoms with Crippen LogP contribution >= 0.6 is 11.6 Å². The fourth-order valence-corrected chi connectivity index (χ4v) is 3.42. The van der Waals surface area contributed by atoms with E-state index in [4.69, 9.17) is 21.1 Å². The Balaban J connectivity index is 2.21. The number of likely N-dealkylation sites (N-methyl/N-ethyl adjacent to an activating group) is 1. The van der Waals surface area contributed by atoms with Crippen LogP contribution in [0.25, 0.3) is 0 Å². The zero-order valence-corrected chi connectivity index (χ0v) is 17.1. The van der Waals surface area contributed by atoms with E-state index in [1.165, 1.54) is 0 Å². The molecule has 146 valence electrons. The van der Waals surface area contributed by atoms with Crippen LogP contribution in [0.4, 0.5) is 0 Å². The summed E-state index contributed by atoms with van der Waals surface area (Å²) in [6, 6.07) is 3.86. The maximum absolute atomic E-state index is 13.0. The van der Waals surface area contributed by atoms with Crippen LogP contribution in [0, 0.1) is 0 Å². The van der Waals surface area contributed by atoms with Crippen LogP contribution in [0.1, 0.15) is 49.9 Å². The van der Waals surface area contributed by atoms with Gasteiger partial charge in [0.2, 0.25) is 0 Å². The quantitative estimate of drug-likeness (QED) is 0.635. The summed E-state index contributed by atoms with van der Waals surface area (Å²) in [4.78, 5) is 17.1. The summed E-state index contributed by atoms with van der Waals surface area (Å²) in [7, 11) is 4.12. The smallest absolute Gasteiger partial charge is 0.254 e. The molecule has 0 bridgehead atoms. The third kappa shape index (κ3) is 5.27. The highest BCUT2D eigenvalue weighted by Crippen LogP contribution is 2.37. The number of ether oxygens (including phenoxy) is 2. The lowest BCUT2D eigenvalue weighted by Gasteiger charge is -2.36. The number of piperidine rings is 1. The average molecular weight is 383 g/mol. The zero-order valence-electron chi connectivity index (χ0n) is 16.4. The van der Waals surface area contributed by atoms with Crippen LogP contribution in [0.3, 0.4) is 0 Å². The predicted octanol–water partition coefficient (Wildman–Crippen LogP) is 4.08. The number of hydrogen-bond acceptors (Lipinski definition) is 4. The first-order valence-electron chi connectivity index (χ1n) is 9.52. The minimum Gasteiger partial charge on any atom is -0.490 e. The molecule has 0 spiro atoms. The van der Waals surface area contributed by atoms with Crippen molar-refractivity contribution in [3.63, 3.8) is 0 Å². The van der Waals surface area contributed by atoms with E-state index >= 15 is 0 Å². The Labute approximate surface area is 162 Å². The van der Waals surface area contributed by atoms with Crippen molar-refractivity contribution in [2.24, 2.45) is 0 Å². The molecule has 1 aromatic carbocycles. The zero-order chi connectivity index (χ0) is 19.1. The van der Waals surface area contributed by atoms with Gasteiger partial charge in [0.15, 0.2) is 11.5 Å². The normalized spacial score (nSPS) is 17.5. The lowest BCUT2D eigenvalue weighted by atomic mass is 10.0. The van der Waals surface area contributed by atoms with Crippen molar-refractivity contribution in [1.82, 2.24) is 9.80 Å². The average Bonchev–Trinajstić information content (AvgIpc) is 2.63. The highest BCUT2D eigenvalue weighted by atomic mass is 35.5. The molecule has 26 heavy (non-hydrogen) atoms. The van der Waals surface area contributed by atoms with Gasteiger partial charge in [0, 0.05) is 24.7 Å². The first-order valence-corrected chi connectivity index (χ1v) is 9.90. The molecule has 1 unspecified atom stereocenters. The number of likely N-dealkylation sites (tertiary alicyclic amines) is 1. The summed E-state index contributed by atoms with van der Waals surface area (Å²) in [6.07, 6.45) is 4.12. The maximum atomic E-state index is 13.0. The Hall–Kier alpha value is -1.46. The van der Waals surface area contributed by atoms with Crippen LogP contribution in [0.2, 0.25) is 5.02 Å². The monoisotopic (exact) mass is 382 g/mol. The van der Waals surface area contributed by atoms with Gasteiger partial charge in [-0.1, -0.05) is 24.9 Å². The maximum Gasteiger partial charge on any atom is 0.254 e. The van der Waals surface area contributed by atoms with Crippen LogP contribution in [0.15, 0.2) is 12.1 Å². The summed E-state index contributed by atoms with van der Waals surface area (Å²) >= 11 is 6.43. The van der Waals surface area contributed by atoms with Crippen molar-refractivity contribution in [2.45, 2.75) is 45.6 Å². The minimum atomic E-state index is -0.000453. The van der Waals surface area contributed by atoms with Gasteiger partial charge in [-0.25, -0.2) is 0 Å². The third-order valence-corrected chi connectivity index (χ3v) is 5.00. The van der Waals surface area contributed by atoms with E-state index in [2.05, 4.69) is 25.9 Å². The lowest BCUT2D eigenvalue weighted by molar-refractivity contribution is 0.0634. The Morgan fingerprint density at radius 2 is 2.08 bits per heavy atom. The second kappa shape index (κ2) is 10.0. The fourth-order valence-electron chi connectivity index (χ4n) is 3.16. The SMILES string of the molecule is CCCCOc1c(Cl)cc(C(=O)N2CCCC(N(C)C)C2)cc1OCC. The highest BCUT2D eigenvalue weighted by Gasteiger charge is 2.27. The van der Waals surface area contributed by atoms with Gasteiger partial charge in [-0.05, 0) is 52.4 Å². The standard InChI is InChI=1S/C20H31ClN2O3/c1-5-7-11-26-19-17(21)12-15(13-18(19)25-6-2)20(24)23-10-8-9-16(14-23)22(3)4/h12-13,16H,5-11,14H2,1-4H3. The summed E-state index contributed by atoms with van der Waals surface area (Å²) in [6.45, 7) is 6.60. The Bertz CT molecular complexity index is 607. The van der Waals surface area contributed by atoms with Gasteiger partial charge in [-0.3, -0.25) is 4.79 Å². The number of carbonyl (C=O) groups is 1. The van der Waals surface area contributed by atoms with E-state index in [1.54, 1.807) is 12.1 Å². The highest BCUT2D eigenvalue weighted by molar-refractivity contribution is 6.32. The van der Waals surface area contributed by atoms with Gasteiger partial charge < -0.3 is 19.3 Å². The Kier molecular flexibility index (Phi) is 8.04. The van der Waals surface area contributed by atoms with E-state index < -0.39 is 0 Å². The second-order valence-corrected chi connectivity index (χ2v) is 7.34. The molecule has 0 N–H and O–H groups in total. The van der Waals surface area contributed by atoms with Gasteiger partial charge in [-0.2, -0.15) is 0 Å². The fraction of sp³-hybridized carbons (Fsp3) is 0.650. The van der Waals surface area contributed by atoms with Crippen molar-refractivity contribution in [3.05, 3.63) is 22.7 Å². The van der Waals surface area contributed by atoms with Gasteiger partial charge >= 0.3 is 0 Å². The minimum absolute atomic E-state index is 0.000453. The van der Waals surface area contributed by atoms with Gasteiger partial charge in [-0.15, -0.1) is 0 Å². The molecule has 0 radical (unpaired) electrons. The molecule has 1 atom stereocenters. The molecule has 1 heterocycles. The Morgan fingerprint density at radius 3 is 2.73 bits per heavy atom. The van der Waals surface area contributed by atoms with Crippen molar-refractivity contribution in [1.29, 1.82) is 0 Å². The first kappa shape index (κ1) is 20.8. The number of halogens is 1. The largest absolute Gasteiger partial charge is 0.490 e. The second-order valence-electron chi connectivity index (χ2n) is 6.93. The number of unbranched alkanes of at least 4 members (excludes halogenated alkanes) is 1. The molecule has 1 aromatic rings. The molecule has 6 heteroatoms. The predicted molar refractivity (Wildman–Crippen MR) is 106 cm³/mol. The first-order chi connectivity index (χ1) is 12.5. The van der Waals surface area contributed by atoms with Gasteiger partial charge in [0.25, 0.3) is 5.91 Å². The molecule has 0 aliphatic carbocycles. The van der Waals surface area contributed by atoms with Crippen LogP contribution in [-0.4, -0.2) is 62.1 Å². The van der Waals surface area contributed by atoms with Crippen LogP contribution in [0.5, 0.6) is 11.5 Å². The van der Waals surface area contributed by atoms with Crippen molar-refractivity contribution >= 4 is 17.5 Å². The summed E-state index contributed by atoms with van der Waals surface area (Å²) in [5.74, 6) is 1.07. The molecule has 1 fully saturated rings. The van der Waals surface area contributed by atoms with Crippen molar-refractivity contribution in [3.8, 4) is 11.5 Å². The topological polar surface area (TPSA) is 42.0 Å². The molecule has 1 aliphatic heterocycles. The third-order valence-electron chi connectivity index (χ3n) is 4.71. The van der Waals surface area contributed by atoms with E-state index in [9.17, 15) is 4.79 Å². The van der Waals surface area contributed by atoms with E-state index in [-0.39, 0.29) is 5.91 Å². The van der Waals surface area contributed by atoms with Crippen molar-refractivity contribution < 1.29 is 14.3 Å². The number of nitrogens with zero attached hydrogens (tertiary/aromatic N) is 2. The lowest BCUT2D eigenvalue weighted by Crippen LogP contribution is -2.47. The van der Waals surface area contributed by atoms with Crippen LogP contribution in [-0.2, 0) is 0 Å². The van der Waals surface area contributed by atoms with Crippen molar-refractivity contribution in [2.75, 3.05) is 40.4 Å². The summed E-state index contributed by atoms with van der Waals surface area (Å²) < 4.78 is 11.5. The summed E-state index contributed by atoms with van der Waals surface area (Å²) in [5, 5.41) is 0.427. The van der Waals surface area contributed by atoms with Gasteiger partial charge in [0.05, 0.1) is 18.2 Å². The molecule has 0 saturated carbocycles. The van der Waals surface area contributed by atoms with E-state index in [0.717, 1.165) is 38.8 Å². The molecular weight excluding hydrogens is 352 g/mol. The molecule has 0 aromatic heterocycles. The summed E-state index contributed by atoms with van der Waals surface area (Å²) in [5.41, 5.74) is 0.556. The van der Waals surface area contributed by atoms with E-state index in [0.29, 0.717) is 41.3 Å². The van der Waals surface area contributed by atoms with Gasteiger partial charge in [0.1, 0.15) is 0 Å². The number of carbonyl (C=O) groups excluding carboxylic acids is 1. The number of hydrogen-bond donors (Lipinski definition) is 0. The number of amides is 1.